The van der Waals surface area contributed by atoms with Crippen molar-refractivity contribution in [3.05, 3.63) is 48.3 Å². The summed E-state index contributed by atoms with van der Waals surface area (Å²) in [7, 11) is 0. The van der Waals surface area contributed by atoms with Crippen molar-refractivity contribution in [3.8, 4) is 0 Å². The average molecular weight is 264 g/mol. The van der Waals surface area contributed by atoms with E-state index in [1.807, 2.05) is 12.3 Å². The highest BCUT2D eigenvalue weighted by atomic mass is 14.7. The van der Waals surface area contributed by atoms with Crippen molar-refractivity contribution in [1.29, 1.82) is 0 Å². The Morgan fingerprint density at radius 2 is 1.65 bits per heavy atom. The fourth-order valence-electron chi connectivity index (χ4n) is 2.64. The number of rotatable bonds is 5. The summed E-state index contributed by atoms with van der Waals surface area (Å²) in [5, 5.41) is 2.34. The second kappa shape index (κ2) is 6.00. The number of benzene rings is 1. The van der Waals surface area contributed by atoms with Crippen LogP contribution in [0.4, 0.5) is 0 Å². The largest absolute Gasteiger partial charge is 0.254 e. The van der Waals surface area contributed by atoms with Gasteiger partial charge in [-0.3, -0.25) is 9.97 Å². The molecule has 2 nitrogen and oxygen atoms in total. The Morgan fingerprint density at radius 1 is 0.850 bits per heavy atom. The lowest BCUT2D eigenvalue weighted by atomic mass is 10.1. The number of aromatic nitrogens is 2. The maximum atomic E-state index is 4.84. The van der Waals surface area contributed by atoms with Gasteiger partial charge < -0.3 is 0 Å². The van der Waals surface area contributed by atoms with Gasteiger partial charge in [-0.1, -0.05) is 50.5 Å². The van der Waals surface area contributed by atoms with E-state index in [1.165, 1.54) is 36.8 Å². The number of aryl methyl sites for hydroxylation is 1. The lowest BCUT2D eigenvalue weighted by Gasteiger charge is -2.05. The maximum Gasteiger partial charge on any atom is 0.0967 e. The Bertz CT molecular complexity index is 719. The summed E-state index contributed by atoms with van der Waals surface area (Å²) in [5.41, 5.74) is 3.24. The van der Waals surface area contributed by atoms with Crippen LogP contribution in [0.25, 0.3) is 21.8 Å². The molecule has 0 spiro atoms. The average Bonchev–Trinajstić information content (AvgIpc) is 2.51. The number of nitrogens with zero attached hydrogens (tertiary/aromatic N) is 2. The minimum Gasteiger partial charge on any atom is -0.254 e. The molecule has 0 saturated heterocycles. The Hall–Kier alpha value is -1.96. The molecule has 3 aromatic rings. The van der Waals surface area contributed by atoms with Crippen LogP contribution in [0.1, 0.15) is 38.3 Å². The van der Waals surface area contributed by atoms with E-state index in [4.69, 9.17) is 4.98 Å². The predicted octanol–water partition coefficient (Wildman–Crippen LogP) is 4.91. The SMILES string of the molecule is CCCCCCc1ccc2ccc3cccnc3c2n1. The van der Waals surface area contributed by atoms with Crippen molar-refractivity contribution < 1.29 is 0 Å². The molecule has 1 aromatic carbocycles. The molecule has 2 heterocycles. The normalized spacial score (nSPS) is 11.2. The summed E-state index contributed by atoms with van der Waals surface area (Å²) >= 11 is 0. The van der Waals surface area contributed by atoms with Gasteiger partial charge in [0.25, 0.3) is 0 Å². The number of hydrogen-bond acceptors (Lipinski definition) is 2. The molecule has 0 radical (unpaired) electrons. The van der Waals surface area contributed by atoms with Gasteiger partial charge in [-0.15, -0.1) is 0 Å². The first-order chi connectivity index (χ1) is 9.88. The van der Waals surface area contributed by atoms with Gasteiger partial charge >= 0.3 is 0 Å². The molecule has 0 amide bonds. The highest BCUT2D eigenvalue weighted by molar-refractivity contribution is 6.02. The fraction of sp³-hybridized carbons (Fsp3) is 0.333. The van der Waals surface area contributed by atoms with E-state index in [0.29, 0.717) is 0 Å². The third kappa shape index (κ3) is 2.64. The molecule has 2 heteroatoms. The van der Waals surface area contributed by atoms with Gasteiger partial charge in [-0.2, -0.15) is 0 Å². The zero-order valence-corrected chi connectivity index (χ0v) is 12.0. The molecular weight excluding hydrogens is 244 g/mol. The third-order valence-electron chi connectivity index (χ3n) is 3.78. The molecule has 0 fully saturated rings. The second-order valence-corrected chi connectivity index (χ2v) is 5.33. The minimum atomic E-state index is 1.01. The van der Waals surface area contributed by atoms with Gasteiger partial charge in [0.1, 0.15) is 0 Å². The Kier molecular flexibility index (Phi) is 3.91. The van der Waals surface area contributed by atoms with Crippen LogP contribution in [0, 0.1) is 0 Å². The van der Waals surface area contributed by atoms with Crippen LogP contribution in [0.2, 0.25) is 0 Å². The van der Waals surface area contributed by atoms with E-state index < -0.39 is 0 Å². The zero-order valence-electron chi connectivity index (χ0n) is 12.0. The van der Waals surface area contributed by atoms with Crippen molar-refractivity contribution >= 4 is 21.8 Å². The number of fused-ring (bicyclic) bond motifs is 3. The predicted molar refractivity (Wildman–Crippen MR) is 84.9 cm³/mol. The summed E-state index contributed by atoms with van der Waals surface area (Å²) in [4.78, 5) is 9.34. The molecule has 0 N–H and O–H groups in total. The van der Waals surface area contributed by atoms with E-state index in [-0.39, 0.29) is 0 Å². The van der Waals surface area contributed by atoms with Gasteiger partial charge in [0, 0.05) is 22.7 Å². The van der Waals surface area contributed by atoms with Crippen LogP contribution in [-0.2, 0) is 6.42 Å². The molecule has 0 bridgehead atoms. The summed E-state index contributed by atoms with van der Waals surface area (Å²) in [6.45, 7) is 2.24. The molecule has 2 aromatic heterocycles. The van der Waals surface area contributed by atoms with Crippen LogP contribution < -0.4 is 0 Å². The molecule has 20 heavy (non-hydrogen) atoms. The van der Waals surface area contributed by atoms with Crippen molar-refractivity contribution in [2.75, 3.05) is 0 Å². The molecule has 0 aliphatic carbocycles. The first kappa shape index (κ1) is 13.0. The quantitative estimate of drug-likeness (QED) is 0.483. The molecular formula is C18H20N2. The van der Waals surface area contributed by atoms with Crippen LogP contribution in [0.15, 0.2) is 42.6 Å². The van der Waals surface area contributed by atoms with Crippen molar-refractivity contribution in [3.63, 3.8) is 0 Å². The lowest BCUT2D eigenvalue weighted by Crippen LogP contribution is -1.93. The fourth-order valence-corrected chi connectivity index (χ4v) is 2.64. The first-order valence-electron chi connectivity index (χ1n) is 7.52. The first-order valence-corrected chi connectivity index (χ1v) is 7.52. The van der Waals surface area contributed by atoms with Gasteiger partial charge in [0.2, 0.25) is 0 Å². The Balaban J connectivity index is 1.94. The van der Waals surface area contributed by atoms with E-state index in [0.717, 1.165) is 22.8 Å². The molecule has 0 atom stereocenters. The Morgan fingerprint density at radius 3 is 2.50 bits per heavy atom. The molecule has 3 rings (SSSR count). The molecule has 0 saturated carbocycles. The summed E-state index contributed by atoms with van der Waals surface area (Å²) in [5.74, 6) is 0. The van der Waals surface area contributed by atoms with Crippen LogP contribution >= 0.6 is 0 Å². The monoisotopic (exact) mass is 264 g/mol. The van der Waals surface area contributed by atoms with Crippen molar-refractivity contribution in [1.82, 2.24) is 9.97 Å². The van der Waals surface area contributed by atoms with Crippen LogP contribution in [0.5, 0.6) is 0 Å². The standard InChI is InChI=1S/C18H20N2/c1-2-3-4-5-8-16-12-11-15-10-9-14-7-6-13-19-17(14)18(15)20-16/h6-7,9-13H,2-5,8H2,1H3. The van der Waals surface area contributed by atoms with E-state index >= 15 is 0 Å². The van der Waals surface area contributed by atoms with Crippen LogP contribution in [-0.4, -0.2) is 9.97 Å². The highest BCUT2D eigenvalue weighted by Crippen LogP contribution is 2.22. The van der Waals surface area contributed by atoms with Gasteiger partial charge in [-0.05, 0) is 25.0 Å². The molecule has 0 aliphatic rings. The van der Waals surface area contributed by atoms with Gasteiger partial charge in [-0.25, -0.2) is 0 Å². The second-order valence-electron chi connectivity index (χ2n) is 5.33. The van der Waals surface area contributed by atoms with E-state index in [2.05, 4.69) is 42.2 Å². The maximum absolute atomic E-state index is 4.84. The number of unbranched alkanes of at least 4 members (excludes halogenated alkanes) is 3. The van der Waals surface area contributed by atoms with Crippen LogP contribution in [0.3, 0.4) is 0 Å². The third-order valence-corrected chi connectivity index (χ3v) is 3.78. The summed E-state index contributed by atoms with van der Waals surface area (Å²) in [6, 6.07) is 12.6. The smallest absolute Gasteiger partial charge is 0.0967 e. The highest BCUT2D eigenvalue weighted by Gasteiger charge is 2.04. The lowest BCUT2D eigenvalue weighted by molar-refractivity contribution is 0.661. The number of hydrogen-bond donors (Lipinski definition) is 0. The molecule has 0 aliphatic heterocycles. The van der Waals surface area contributed by atoms with E-state index in [1.54, 1.807) is 0 Å². The summed E-state index contributed by atoms with van der Waals surface area (Å²) < 4.78 is 0. The van der Waals surface area contributed by atoms with Gasteiger partial charge in [0.05, 0.1) is 11.0 Å². The minimum absolute atomic E-state index is 1.01. The van der Waals surface area contributed by atoms with E-state index in [9.17, 15) is 0 Å². The number of pyridine rings is 2. The van der Waals surface area contributed by atoms with Crippen molar-refractivity contribution in [2.24, 2.45) is 0 Å². The van der Waals surface area contributed by atoms with Crippen molar-refractivity contribution in [2.45, 2.75) is 39.0 Å². The molecule has 0 unspecified atom stereocenters. The zero-order chi connectivity index (χ0) is 13.8. The Labute approximate surface area is 119 Å². The topological polar surface area (TPSA) is 25.8 Å². The molecule has 102 valence electrons. The van der Waals surface area contributed by atoms with Gasteiger partial charge in [0.15, 0.2) is 0 Å². The summed E-state index contributed by atoms with van der Waals surface area (Å²) in [6.07, 6.45) is 8.03.